The minimum Gasteiger partial charge on any atom is -0.494 e. The highest BCUT2D eigenvalue weighted by molar-refractivity contribution is 6.02. The van der Waals surface area contributed by atoms with Crippen LogP contribution in [0, 0.1) is 10.1 Å². The van der Waals surface area contributed by atoms with Crippen molar-refractivity contribution in [1.82, 2.24) is 0 Å². The van der Waals surface area contributed by atoms with E-state index in [4.69, 9.17) is 9.47 Å². The van der Waals surface area contributed by atoms with Crippen molar-refractivity contribution in [3.8, 4) is 11.5 Å². The molecule has 26 heavy (non-hydrogen) atoms. The summed E-state index contributed by atoms with van der Waals surface area (Å²) in [6, 6.07) is 11.6. The Bertz CT molecular complexity index is 800. The first-order chi connectivity index (χ1) is 12.5. The summed E-state index contributed by atoms with van der Waals surface area (Å²) in [6.07, 6.45) is 3.94. The van der Waals surface area contributed by atoms with Gasteiger partial charge in [-0.15, -0.1) is 0 Å². The number of amides is 1. The number of methoxy groups -OCH3 is 1. The lowest BCUT2D eigenvalue weighted by Crippen LogP contribution is -2.08. The molecule has 0 saturated carbocycles. The lowest BCUT2D eigenvalue weighted by atomic mass is 10.2. The summed E-state index contributed by atoms with van der Waals surface area (Å²) in [7, 11) is 1.35. The molecule has 0 fully saturated rings. The Hall–Kier alpha value is -3.35. The molecule has 2 rings (SSSR count). The first-order valence-electron chi connectivity index (χ1n) is 8.08. The van der Waals surface area contributed by atoms with Gasteiger partial charge in [0.05, 0.1) is 18.6 Å². The van der Waals surface area contributed by atoms with Crippen LogP contribution in [-0.2, 0) is 4.79 Å². The maximum atomic E-state index is 12.0. The molecule has 2 aromatic rings. The minimum absolute atomic E-state index is 0.133. The summed E-state index contributed by atoms with van der Waals surface area (Å²) in [4.78, 5) is 22.5. The van der Waals surface area contributed by atoms with Crippen LogP contribution in [0.15, 0.2) is 48.5 Å². The second kappa shape index (κ2) is 9.22. The zero-order valence-electron chi connectivity index (χ0n) is 14.6. The van der Waals surface area contributed by atoms with Gasteiger partial charge in [0.2, 0.25) is 5.91 Å². The van der Waals surface area contributed by atoms with Crippen molar-refractivity contribution in [3.63, 3.8) is 0 Å². The third-order valence-corrected chi connectivity index (χ3v) is 3.42. The Morgan fingerprint density at radius 1 is 1.23 bits per heavy atom. The van der Waals surface area contributed by atoms with E-state index in [-0.39, 0.29) is 11.4 Å². The standard InChI is InChI=1S/C19H20N2O5/c1-3-12-26-16-8-4-14(5-9-16)6-11-19(22)20-15-7-10-18(25-2)17(13-15)21(23)24/h4-11,13H,3,12H2,1-2H3,(H,20,22)/b11-6+. The molecule has 0 spiro atoms. The average molecular weight is 356 g/mol. The Labute approximate surface area is 151 Å². The van der Waals surface area contributed by atoms with Crippen LogP contribution < -0.4 is 14.8 Å². The average Bonchev–Trinajstić information content (AvgIpc) is 2.65. The number of carbonyl (C=O) groups excluding carboxylic acids is 1. The van der Waals surface area contributed by atoms with Gasteiger partial charge in [-0.1, -0.05) is 19.1 Å². The molecule has 0 aliphatic carbocycles. The van der Waals surface area contributed by atoms with Crippen LogP contribution in [0.25, 0.3) is 6.08 Å². The van der Waals surface area contributed by atoms with Crippen molar-refractivity contribution >= 4 is 23.4 Å². The number of hydrogen-bond acceptors (Lipinski definition) is 5. The fourth-order valence-electron chi connectivity index (χ4n) is 2.16. The molecule has 1 N–H and O–H groups in total. The molecular formula is C19H20N2O5. The summed E-state index contributed by atoms with van der Waals surface area (Å²) in [5.41, 5.74) is 0.942. The van der Waals surface area contributed by atoms with Gasteiger partial charge in [-0.05, 0) is 42.3 Å². The van der Waals surface area contributed by atoms with Crippen LogP contribution in [0.4, 0.5) is 11.4 Å². The number of nitro groups is 1. The maximum absolute atomic E-state index is 12.0. The van der Waals surface area contributed by atoms with Crippen molar-refractivity contribution in [2.24, 2.45) is 0 Å². The van der Waals surface area contributed by atoms with Crippen molar-refractivity contribution in [3.05, 3.63) is 64.2 Å². The first kappa shape index (κ1) is 19.0. The van der Waals surface area contributed by atoms with E-state index >= 15 is 0 Å². The highest BCUT2D eigenvalue weighted by atomic mass is 16.6. The number of nitrogens with zero attached hydrogens (tertiary/aromatic N) is 1. The highest BCUT2D eigenvalue weighted by Gasteiger charge is 2.15. The predicted molar refractivity (Wildman–Crippen MR) is 99.5 cm³/mol. The Kier molecular flexibility index (Phi) is 6.73. The quantitative estimate of drug-likeness (QED) is 0.438. The van der Waals surface area contributed by atoms with E-state index in [2.05, 4.69) is 5.32 Å². The van der Waals surface area contributed by atoms with E-state index in [1.807, 2.05) is 31.2 Å². The SMILES string of the molecule is CCCOc1ccc(/C=C/C(=O)Nc2ccc(OC)c([N+](=O)[O-])c2)cc1. The number of nitrogens with one attached hydrogen (secondary N) is 1. The van der Waals surface area contributed by atoms with E-state index in [0.29, 0.717) is 12.3 Å². The number of rotatable bonds is 8. The van der Waals surface area contributed by atoms with Crippen LogP contribution in [0.3, 0.4) is 0 Å². The molecule has 1 amide bonds. The maximum Gasteiger partial charge on any atom is 0.312 e. The van der Waals surface area contributed by atoms with Crippen LogP contribution in [0.1, 0.15) is 18.9 Å². The van der Waals surface area contributed by atoms with Crippen LogP contribution in [0.5, 0.6) is 11.5 Å². The summed E-state index contributed by atoms with van der Waals surface area (Å²) >= 11 is 0. The van der Waals surface area contributed by atoms with Gasteiger partial charge < -0.3 is 14.8 Å². The van der Waals surface area contributed by atoms with Gasteiger partial charge in [-0.3, -0.25) is 14.9 Å². The van der Waals surface area contributed by atoms with E-state index in [1.54, 1.807) is 6.08 Å². The molecule has 0 radical (unpaired) electrons. The molecule has 0 bridgehead atoms. The van der Waals surface area contributed by atoms with Crippen LogP contribution in [-0.4, -0.2) is 24.5 Å². The Morgan fingerprint density at radius 3 is 2.58 bits per heavy atom. The van der Waals surface area contributed by atoms with E-state index in [0.717, 1.165) is 17.7 Å². The molecule has 7 nitrogen and oxygen atoms in total. The molecule has 7 heteroatoms. The Balaban J connectivity index is 2.00. The summed E-state index contributed by atoms with van der Waals surface area (Å²) < 4.78 is 10.4. The summed E-state index contributed by atoms with van der Waals surface area (Å²) in [6.45, 7) is 2.69. The zero-order valence-corrected chi connectivity index (χ0v) is 14.6. The van der Waals surface area contributed by atoms with E-state index < -0.39 is 10.8 Å². The number of anilines is 1. The zero-order chi connectivity index (χ0) is 18.9. The van der Waals surface area contributed by atoms with Gasteiger partial charge in [0.1, 0.15) is 5.75 Å². The third kappa shape index (κ3) is 5.34. The van der Waals surface area contributed by atoms with E-state index in [9.17, 15) is 14.9 Å². The van der Waals surface area contributed by atoms with Gasteiger partial charge in [0.15, 0.2) is 5.75 Å². The lowest BCUT2D eigenvalue weighted by molar-refractivity contribution is -0.385. The number of benzene rings is 2. The van der Waals surface area contributed by atoms with Crippen molar-refractivity contribution in [2.75, 3.05) is 19.0 Å². The molecular weight excluding hydrogens is 336 g/mol. The molecule has 0 saturated heterocycles. The first-order valence-corrected chi connectivity index (χ1v) is 8.08. The molecule has 0 aromatic heterocycles. The smallest absolute Gasteiger partial charge is 0.312 e. The number of ether oxygens (including phenoxy) is 2. The molecule has 0 heterocycles. The van der Waals surface area contributed by atoms with Gasteiger partial charge in [0, 0.05) is 17.8 Å². The van der Waals surface area contributed by atoms with Crippen LogP contribution >= 0.6 is 0 Å². The van der Waals surface area contributed by atoms with E-state index in [1.165, 1.54) is 31.4 Å². The van der Waals surface area contributed by atoms with Crippen molar-refractivity contribution in [2.45, 2.75) is 13.3 Å². The highest BCUT2D eigenvalue weighted by Crippen LogP contribution is 2.29. The summed E-state index contributed by atoms with van der Waals surface area (Å²) in [5.74, 6) is 0.517. The van der Waals surface area contributed by atoms with Gasteiger partial charge in [-0.25, -0.2) is 0 Å². The molecule has 0 aliphatic heterocycles. The molecule has 0 unspecified atom stereocenters. The number of nitro benzene ring substituents is 1. The summed E-state index contributed by atoms with van der Waals surface area (Å²) in [5, 5.41) is 13.6. The van der Waals surface area contributed by atoms with Gasteiger partial charge in [-0.2, -0.15) is 0 Å². The predicted octanol–water partition coefficient (Wildman–Crippen LogP) is 4.04. The molecule has 0 atom stereocenters. The van der Waals surface area contributed by atoms with Gasteiger partial charge in [0.25, 0.3) is 0 Å². The largest absolute Gasteiger partial charge is 0.494 e. The second-order valence-corrected chi connectivity index (χ2v) is 5.38. The Morgan fingerprint density at radius 2 is 1.96 bits per heavy atom. The second-order valence-electron chi connectivity index (χ2n) is 5.38. The van der Waals surface area contributed by atoms with Gasteiger partial charge >= 0.3 is 5.69 Å². The minimum atomic E-state index is -0.563. The number of hydrogen-bond donors (Lipinski definition) is 1. The molecule has 0 aliphatic rings. The normalized spacial score (nSPS) is 10.5. The fraction of sp³-hybridized carbons (Fsp3) is 0.211. The molecule has 136 valence electrons. The lowest BCUT2D eigenvalue weighted by Gasteiger charge is -2.05. The monoisotopic (exact) mass is 356 g/mol. The van der Waals surface area contributed by atoms with Crippen molar-refractivity contribution in [1.29, 1.82) is 0 Å². The fourth-order valence-corrected chi connectivity index (χ4v) is 2.16. The van der Waals surface area contributed by atoms with Crippen LogP contribution in [0.2, 0.25) is 0 Å². The van der Waals surface area contributed by atoms with Crippen molar-refractivity contribution < 1.29 is 19.2 Å². The molecule has 2 aromatic carbocycles. The number of carbonyl (C=O) groups is 1. The third-order valence-electron chi connectivity index (χ3n) is 3.42. The topological polar surface area (TPSA) is 90.7 Å².